The van der Waals surface area contributed by atoms with Crippen LogP contribution in [0.2, 0.25) is 0 Å². The highest BCUT2D eigenvalue weighted by molar-refractivity contribution is 5.92. The van der Waals surface area contributed by atoms with Crippen molar-refractivity contribution in [2.24, 2.45) is 0 Å². The number of pyridine rings is 1. The zero-order valence-electron chi connectivity index (χ0n) is 19.8. The summed E-state index contributed by atoms with van der Waals surface area (Å²) in [4.78, 5) is 6.21. The van der Waals surface area contributed by atoms with Crippen molar-refractivity contribution >= 4 is 11.1 Å². The van der Waals surface area contributed by atoms with Crippen LogP contribution in [-0.2, 0) is 4.74 Å². The summed E-state index contributed by atoms with van der Waals surface area (Å²) in [5.74, 6) is 1.25. The first kappa shape index (κ1) is 23.1. The summed E-state index contributed by atoms with van der Waals surface area (Å²) >= 11 is 0. The minimum atomic E-state index is -0.667. The van der Waals surface area contributed by atoms with E-state index in [9.17, 15) is 10.4 Å². The van der Waals surface area contributed by atoms with E-state index in [1.54, 1.807) is 11.1 Å². The molecule has 2 aromatic heterocycles. The van der Waals surface area contributed by atoms with Gasteiger partial charge in [0.25, 0.3) is 0 Å². The van der Waals surface area contributed by atoms with Crippen LogP contribution >= 0.6 is 0 Å². The van der Waals surface area contributed by atoms with E-state index in [0.717, 1.165) is 47.2 Å². The maximum Gasteiger partial charge on any atom is 0.161 e. The number of ether oxygens (including phenoxy) is 2. The molecule has 0 saturated carbocycles. The molecule has 0 bridgehead atoms. The van der Waals surface area contributed by atoms with Gasteiger partial charge in [0.2, 0.25) is 0 Å². The van der Waals surface area contributed by atoms with Crippen LogP contribution in [0.1, 0.15) is 30.2 Å². The Labute approximate surface area is 204 Å². The molecule has 1 fully saturated rings. The maximum absolute atomic E-state index is 10.2. The number of aliphatic hydroxyl groups excluding tert-OH is 1. The average Bonchev–Trinajstić information content (AvgIpc) is 3.34. The highest BCUT2D eigenvalue weighted by atomic mass is 16.5. The quantitative estimate of drug-likeness (QED) is 0.391. The first-order valence-electron chi connectivity index (χ1n) is 11.7. The van der Waals surface area contributed by atoms with E-state index in [1.165, 1.54) is 0 Å². The van der Waals surface area contributed by atoms with E-state index in [4.69, 9.17) is 13.9 Å². The number of hydrogen-bond acceptors (Lipinski definition) is 7. The number of fused-ring (bicyclic) bond motifs is 1. The minimum absolute atomic E-state index is 0.0350. The lowest BCUT2D eigenvalue weighted by atomic mass is 10.0. The molecule has 2 aromatic carbocycles. The Kier molecular flexibility index (Phi) is 6.51. The van der Waals surface area contributed by atoms with Crippen LogP contribution in [0.4, 0.5) is 0 Å². The van der Waals surface area contributed by atoms with Crippen LogP contribution in [0.25, 0.3) is 33.6 Å². The van der Waals surface area contributed by atoms with Crippen molar-refractivity contribution in [3.63, 3.8) is 0 Å². The van der Waals surface area contributed by atoms with Gasteiger partial charge >= 0.3 is 0 Å². The minimum Gasteiger partial charge on any atom is -0.487 e. The van der Waals surface area contributed by atoms with Crippen LogP contribution < -0.4 is 4.74 Å². The third-order valence-corrected chi connectivity index (χ3v) is 6.22. The number of benzene rings is 2. The van der Waals surface area contributed by atoms with E-state index in [-0.39, 0.29) is 6.10 Å². The molecule has 0 spiro atoms. The van der Waals surface area contributed by atoms with Gasteiger partial charge in [-0.05, 0) is 56.3 Å². The van der Waals surface area contributed by atoms with Gasteiger partial charge < -0.3 is 19.0 Å². The molecule has 7 heteroatoms. The van der Waals surface area contributed by atoms with Gasteiger partial charge in [-0.15, -0.1) is 0 Å². The van der Waals surface area contributed by atoms with Gasteiger partial charge in [-0.1, -0.05) is 30.3 Å². The van der Waals surface area contributed by atoms with Gasteiger partial charge in [0, 0.05) is 30.0 Å². The second-order valence-electron chi connectivity index (χ2n) is 8.92. The topological polar surface area (TPSA) is 91.8 Å². The molecular formula is C28H27N3O4. The number of nitrogens with zero attached hydrogens (tertiary/aromatic N) is 3. The van der Waals surface area contributed by atoms with Gasteiger partial charge in [-0.25, -0.2) is 0 Å². The second-order valence-corrected chi connectivity index (χ2v) is 8.92. The molecule has 35 heavy (non-hydrogen) atoms. The van der Waals surface area contributed by atoms with Crippen LogP contribution in [0.5, 0.6) is 5.75 Å². The van der Waals surface area contributed by atoms with Crippen LogP contribution in [0.3, 0.4) is 0 Å². The Morgan fingerprint density at radius 3 is 2.63 bits per heavy atom. The largest absolute Gasteiger partial charge is 0.487 e. The molecule has 2 unspecified atom stereocenters. The van der Waals surface area contributed by atoms with E-state index in [1.807, 2.05) is 68.7 Å². The molecular weight excluding hydrogens is 442 g/mol. The molecule has 1 saturated heterocycles. The van der Waals surface area contributed by atoms with Gasteiger partial charge in [0.1, 0.15) is 35.4 Å². The zero-order chi connectivity index (χ0) is 24.4. The van der Waals surface area contributed by atoms with E-state index < -0.39 is 6.23 Å². The van der Waals surface area contributed by atoms with Gasteiger partial charge in [-0.2, -0.15) is 5.26 Å². The summed E-state index contributed by atoms with van der Waals surface area (Å²) < 4.78 is 17.8. The van der Waals surface area contributed by atoms with Gasteiger partial charge in [-0.3, -0.25) is 9.88 Å². The van der Waals surface area contributed by atoms with Crippen molar-refractivity contribution in [1.82, 2.24) is 9.88 Å². The molecule has 1 N–H and O–H groups in total. The smallest absolute Gasteiger partial charge is 0.161 e. The summed E-state index contributed by atoms with van der Waals surface area (Å²) in [6, 6.07) is 19.3. The van der Waals surface area contributed by atoms with Crippen LogP contribution in [0, 0.1) is 11.3 Å². The monoisotopic (exact) mass is 469 g/mol. The average molecular weight is 470 g/mol. The summed E-state index contributed by atoms with van der Waals surface area (Å²) in [6.07, 6.45) is 2.91. The Morgan fingerprint density at radius 2 is 1.91 bits per heavy atom. The summed E-state index contributed by atoms with van der Waals surface area (Å²) in [7, 11) is 3.65. The lowest BCUT2D eigenvalue weighted by molar-refractivity contribution is 0.00732. The molecule has 1 aliphatic heterocycles. The second kappa shape index (κ2) is 9.88. The Balaban J connectivity index is 1.46. The lowest BCUT2D eigenvalue weighted by Gasteiger charge is -2.23. The number of rotatable bonds is 6. The van der Waals surface area contributed by atoms with Crippen molar-refractivity contribution in [2.45, 2.75) is 25.2 Å². The van der Waals surface area contributed by atoms with Gasteiger partial charge in [0.05, 0.1) is 12.2 Å². The van der Waals surface area contributed by atoms with E-state index in [0.29, 0.717) is 29.3 Å². The number of aromatic nitrogens is 1. The number of aliphatic hydroxyl groups is 1. The fraction of sp³-hybridized carbons (Fsp3) is 0.286. The number of hydrogen-bond donors (Lipinski definition) is 1. The van der Waals surface area contributed by atoms with Gasteiger partial charge in [0.15, 0.2) is 5.58 Å². The highest BCUT2D eigenvalue weighted by Crippen LogP contribution is 2.36. The Hall–Kier alpha value is -3.70. The van der Waals surface area contributed by atoms with Crippen molar-refractivity contribution in [2.75, 3.05) is 27.3 Å². The summed E-state index contributed by atoms with van der Waals surface area (Å²) in [6.45, 7) is 1.30. The van der Waals surface area contributed by atoms with Crippen molar-refractivity contribution in [1.29, 1.82) is 5.26 Å². The predicted molar refractivity (Wildman–Crippen MR) is 133 cm³/mol. The lowest BCUT2D eigenvalue weighted by Crippen LogP contribution is -2.28. The Morgan fingerprint density at radius 1 is 1.11 bits per heavy atom. The van der Waals surface area contributed by atoms with Crippen molar-refractivity contribution in [3.8, 4) is 34.3 Å². The first-order chi connectivity index (χ1) is 17.0. The molecule has 5 rings (SSSR count). The maximum atomic E-state index is 10.2. The molecule has 4 aromatic rings. The summed E-state index contributed by atoms with van der Waals surface area (Å²) in [5, 5.41) is 20.0. The zero-order valence-corrected chi connectivity index (χ0v) is 19.8. The van der Waals surface area contributed by atoms with Crippen molar-refractivity contribution < 1.29 is 19.0 Å². The number of furan rings is 1. The summed E-state index contributed by atoms with van der Waals surface area (Å²) in [5.41, 5.74) is 5.25. The molecule has 3 heterocycles. The van der Waals surface area contributed by atoms with E-state index in [2.05, 4.69) is 11.1 Å². The molecule has 0 radical (unpaired) electrons. The fourth-order valence-electron chi connectivity index (χ4n) is 4.30. The third-order valence-electron chi connectivity index (χ3n) is 6.22. The molecule has 0 amide bonds. The fourth-order valence-corrected chi connectivity index (χ4v) is 4.30. The molecule has 2 atom stereocenters. The van der Waals surface area contributed by atoms with E-state index >= 15 is 0 Å². The molecule has 7 nitrogen and oxygen atoms in total. The molecule has 178 valence electrons. The van der Waals surface area contributed by atoms with Crippen molar-refractivity contribution in [3.05, 3.63) is 71.9 Å². The normalized spacial score (nSPS) is 16.8. The molecule has 1 aliphatic rings. The standard InChI is InChI=1S/C28H27N3O4/c1-31(2)28(32)19-7-5-18(6-8-19)26-15-24-27(35-26)23(11-12-30-24)20-9-10-25(21(14-20)16-29)34-22-4-3-13-33-17-22/h5-12,14-15,22,28,32H,3-4,13,17H2,1-2H3. The SMILES string of the molecule is CN(C)C(O)c1ccc(-c2cc3nccc(-c4ccc(OC5CCCOC5)c(C#N)c4)c3o2)cc1. The number of nitriles is 1. The Bertz CT molecular complexity index is 1370. The van der Waals surface area contributed by atoms with Crippen LogP contribution in [-0.4, -0.2) is 48.4 Å². The molecule has 0 aliphatic carbocycles. The predicted octanol–water partition coefficient (Wildman–Crippen LogP) is 5.14. The third kappa shape index (κ3) is 4.77. The first-order valence-corrected chi connectivity index (χ1v) is 11.7. The highest BCUT2D eigenvalue weighted by Gasteiger charge is 2.19. The van der Waals surface area contributed by atoms with Crippen LogP contribution in [0.15, 0.2) is 65.2 Å².